The van der Waals surface area contributed by atoms with Gasteiger partial charge in [0.05, 0.1) is 0 Å². The van der Waals surface area contributed by atoms with Gasteiger partial charge >= 0.3 is 5.97 Å². The zero-order chi connectivity index (χ0) is 20.3. The van der Waals surface area contributed by atoms with Crippen molar-refractivity contribution in [2.24, 2.45) is 17.8 Å². The maximum absolute atomic E-state index is 12.1. The SMILES string of the molecule is Cc1ccc(C(=O)NCC(=O)OCC(=O)N[C@@H](C)[C@@H]2C[C@H]3CC[C@H]2C3)cc1C. The highest BCUT2D eigenvalue weighted by Crippen LogP contribution is 2.49. The lowest BCUT2D eigenvalue weighted by atomic mass is 9.84. The molecule has 0 saturated heterocycles. The number of amides is 2. The highest BCUT2D eigenvalue weighted by Gasteiger charge is 2.42. The monoisotopic (exact) mass is 386 g/mol. The van der Waals surface area contributed by atoms with Crippen LogP contribution in [-0.4, -0.2) is 37.0 Å². The molecule has 1 aromatic rings. The number of carbonyl (C=O) groups excluding carboxylic acids is 3. The molecule has 2 bridgehead atoms. The van der Waals surface area contributed by atoms with E-state index < -0.39 is 5.97 Å². The molecule has 3 rings (SSSR count). The number of aryl methyl sites for hydroxylation is 2. The maximum Gasteiger partial charge on any atom is 0.325 e. The Morgan fingerprint density at radius 3 is 2.57 bits per heavy atom. The molecule has 0 aliphatic heterocycles. The minimum Gasteiger partial charge on any atom is -0.454 e. The summed E-state index contributed by atoms with van der Waals surface area (Å²) in [5.41, 5.74) is 2.60. The summed E-state index contributed by atoms with van der Waals surface area (Å²) in [6.45, 7) is 5.35. The normalized spacial score (nSPS) is 23.9. The molecule has 0 radical (unpaired) electrons. The molecule has 2 aliphatic rings. The van der Waals surface area contributed by atoms with Gasteiger partial charge in [-0.1, -0.05) is 12.5 Å². The van der Waals surface area contributed by atoms with Gasteiger partial charge in [-0.15, -0.1) is 0 Å². The first-order chi connectivity index (χ1) is 13.3. The topological polar surface area (TPSA) is 84.5 Å². The van der Waals surface area contributed by atoms with Crippen molar-refractivity contribution in [2.75, 3.05) is 13.2 Å². The molecule has 152 valence electrons. The lowest BCUT2D eigenvalue weighted by Gasteiger charge is -2.28. The molecule has 6 nitrogen and oxygen atoms in total. The third-order valence-corrected chi connectivity index (χ3v) is 6.35. The minimum absolute atomic E-state index is 0.103. The number of hydrogen-bond acceptors (Lipinski definition) is 4. The summed E-state index contributed by atoms with van der Waals surface area (Å²) < 4.78 is 4.99. The van der Waals surface area contributed by atoms with E-state index in [9.17, 15) is 14.4 Å². The Bertz CT molecular complexity index is 761. The van der Waals surface area contributed by atoms with Crippen LogP contribution in [0.3, 0.4) is 0 Å². The molecule has 2 N–H and O–H groups in total. The van der Waals surface area contributed by atoms with E-state index >= 15 is 0 Å². The Labute approximate surface area is 166 Å². The highest BCUT2D eigenvalue weighted by molar-refractivity contribution is 5.96. The minimum atomic E-state index is -0.625. The number of esters is 1. The quantitative estimate of drug-likeness (QED) is 0.705. The van der Waals surface area contributed by atoms with E-state index in [0.717, 1.165) is 23.0 Å². The van der Waals surface area contributed by atoms with Crippen LogP contribution in [0.2, 0.25) is 0 Å². The van der Waals surface area contributed by atoms with Crippen molar-refractivity contribution in [1.82, 2.24) is 10.6 Å². The summed E-state index contributed by atoms with van der Waals surface area (Å²) in [6.07, 6.45) is 5.08. The number of ether oxygens (including phenoxy) is 1. The van der Waals surface area contributed by atoms with E-state index in [4.69, 9.17) is 4.74 Å². The molecule has 2 aliphatic carbocycles. The summed E-state index contributed by atoms with van der Waals surface area (Å²) in [7, 11) is 0. The Balaban J connectivity index is 1.36. The summed E-state index contributed by atoms with van der Waals surface area (Å²) in [6, 6.07) is 5.46. The van der Waals surface area contributed by atoms with E-state index in [2.05, 4.69) is 10.6 Å². The van der Waals surface area contributed by atoms with E-state index in [0.29, 0.717) is 11.5 Å². The van der Waals surface area contributed by atoms with Crippen LogP contribution >= 0.6 is 0 Å². The van der Waals surface area contributed by atoms with E-state index in [1.165, 1.54) is 25.7 Å². The van der Waals surface area contributed by atoms with Gasteiger partial charge in [-0.25, -0.2) is 0 Å². The molecule has 6 heteroatoms. The fourth-order valence-electron chi connectivity index (χ4n) is 4.64. The van der Waals surface area contributed by atoms with Crippen molar-refractivity contribution in [3.8, 4) is 0 Å². The Morgan fingerprint density at radius 1 is 1.14 bits per heavy atom. The smallest absolute Gasteiger partial charge is 0.325 e. The van der Waals surface area contributed by atoms with Gasteiger partial charge in [-0.3, -0.25) is 14.4 Å². The summed E-state index contributed by atoms with van der Waals surface area (Å²) >= 11 is 0. The van der Waals surface area contributed by atoms with Crippen LogP contribution in [0, 0.1) is 31.6 Å². The van der Waals surface area contributed by atoms with Gasteiger partial charge in [-0.05, 0) is 81.0 Å². The number of nitrogens with one attached hydrogen (secondary N) is 2. The third kappa shape index (κ3) is 4.91. The van der Waals surface area contributed by atoms with Gasteiger partial charge in [0.25, 0.3) is 11.8 Å². The van der Waals surface area contributed by atoms with Crippen LogP contribution in [-0.2, 0) is 14.3 Å². The van der Waals surface area contributed by atoms with Crippen LogP contribution in [0.15, 0.2) is 18.2 Å². The Morgan fingerprint density at radius 2 is 1.93 bits per heavy atom. The average Bonchev–Trinajstić information content (AvgIpc) is 3.30. The Kier molecular flexibility index (Phi) is 6.37. The highest BCUT2D eigenvalue weighted by atomic mass is 16.5. The molecule has 0 heterocycles. The van der Waals surface area contributed by atoms with Crippen LogP contribution in [0.1, 0.15) is 54.1 Å². The first kappa shape index (κ1) is 20.4. The van der Waals surface area contributed by atoms with Crippen molar-refractivity contribution in [3.05, 3.63) is 34.9 Å². The molecule has 2 saturated carbocycles. The fraction of sp³-hybridized carbons (Fsp3) is 0.591. The first-order valence-corrected chi connectivity index (χ1v) is 10.1. The van der Waals surface area contributed by atoms with Crippen molar-refractivity contribution < 1.29 is 19.1 Å². The average molecular weight is 386 g/mol. The van der Waals surface area contributed by atoms with E-state index in [-0.39, 0.29) is 31.0 Å². The molecular formula is C22H30N2O4. The van der Waals surface area contributed by atoms with Crippen molar-refractivity contribution in [3.63, 3.8) is 0 Å². The zero-order valence-corrected chi connectivity index (χ0v) is 16.9. The molecule has 28 heavy (non-hydrogen) atoms. The second-order valence-corrected chi connectivity index (χ2v) is 8.34. The number of rotatable bonds is 7. The van der Waals surface area contributed by atoms with Gasteiger partial charge in [0.1, 0.15) is 6.54 Å². The molecule has 0 spiro atoms. The molecular weight excluding hydrogens is 356 g/mol. The van der Waals surface area contributed by atoms with Crippen molar-refractivity contribution in [1.29, 1.82) is 0 Å². The van der Waals surface area contributed by atoms with Gasteiger partial charge in [0.15, 0.2) is 6.61 Å². The number of carbonyl (C=O) groups is 3. The van der Waals surface area contributed by atoms with E-state index in [1.54, 1.807) is 12.1 Å². The van der Waals surface area contributed by atoms with Gasteiger partial charge in [0.2, 0.25) is 0 Å². The lowest BCUT2D eigenvalue weighted by Crippen LogP contribution is -2.42. The number of fused-ring (bicyclic) bond motifs is 2. The van der Waals surface area contributed by atoms with Gasteiger partial charge in [0, 0.05) is 11.6 Å². The largest absolute Gasteiger partial charge is 0.454 e. The second kappa shape index (κ2) is 8.76. The predicted octanol–water partition coefficient (Wildman–Crippen LogP) is 2.52. The summed E-state index contributed by atoms with van der Waals surface area (Å²) in [5.74, 6) is 0.839. The summed E-state index contributed by atoms with van der Waals surface area (Å²) in [5, 5.41) is 5.49. The number of hydrogen-bond donors (Lipinski definition) is 2. The molecule has 0 aromatic heterocycles. The second-order valence-electron chi connectivity index (χ2n) is 8.34. The van der Waals surface area contributed by atoms with Crippen LogP contribution in [0.5, 0.6) is 0 Å². The van der Waals surface area contributed by atoms with Crippen molar-refractivity contribution in [2.45, 2.75) is 52.5 Å². The van der Waals surface area contributed by atoms with Crippen molar-refractivity contribution >= 4 is 17.8 Å². The van der Waals surface area contributed by atoms with E-state index in [1.807, 2.05) is 26.8 Å². The van der Waals surface area contributed by atoms with Gasteiger partial charge in [-0.2, -0.15) is 0 Å². The first-order valence-electron chi connectivity index (χ1n) is 10.1. The van der Waals surface area contributed by atoms with Gasteiger partial charge < -0.3 is 15.4 Å². The zero-order valence-electron chi connectivity index (χ0n) is 16.9. The molecule has 2 fully saturated rings. The molecule has 1 aromatic carbocycles. The predicted molar refractivity (Wildman–Crippen MR) is 106 cm³/mol. The molecule has 2 amide bonds. The third-order valence-electron chi connectivity index (χ3n) is 6.35. The van der Waals surface area contributed by atoms with Crippen LogP contribution < -0.4 is 10.6 Å². The van der Waals surface area contributed by atoms with Crippen LogP contribution in [0.25, 0.3) is 0 Å². The van der Waals surface area contributed by atoms with Crippen LogP contribution in [0.4, 0.5) is 0 Å². The molecule has 0 unspecified atom stereocenters. The fourth-order valence-corrected chi connectivity index (χ4v) is 4.64. The maximum atomic E-state index is 12.1. The Hall–Kier alpha value is -2.37. The standard InChI is InChI=1S/C22H30N2O4/c1-13-4-6-18(8-14(13)2)22(27)23-11-21(26)28-12-20(25)24-15(3)19-10-16-5-7-17(19)9-16/h4,6,8,15-17,19H,5,7,9-12H2,1-3H3,(H,23,27)(H,24,25)/t15-,16-,17-,19-/m0/s1. The number of benzene rings is 1. The summed E-state index contributed by atoms with van der Waals surface area (Å²) in [4.78, 5) is 36.0. The lowest BCUT2D eigenvalue weighted by molar-refractivity contribution is -0.147. The molecule has 4 atom stereocenters.